The molecule has 1 heterocycles. The summed E-state index contributed by atoms with van der Waals surface area (Å²) >= 11 is 6.23. The van der Waals surface area contributed by atoms with Gasteiger partial charge in [-0.15, -0.1) is 0 Å². The summed E-state index contributed by atoms with van der Waals surface area (Å²) in [4.78, 5) is 8.61. The Morgan fingerprint density at radius 1 is 0.789 bits per heavy atom. The van der Waals surface area contributed by atoms with Gasteiger partial charge in [0.1, 0.15) is 11.3 Å². The van der Waals surface area contributed by atoms with Crippen LogP contribution in [0.3, 0.4) is 0 Å². The first-order chi connectivity index (χ1) is 9.34. The molecule has 0 aliphatic heterocycles. The van der Waals surface area contributed by atoms with Crippen molar-refractivity contribution in [2.24, 2.45) is 0 Å². The molecule has 0 fully saturated rings. The maximum Gasteiger partial charge on any atom is 0.161 e. The van der Waals surface area contributed by atoms with Crippen LogP contribution in [0.1, 0.15) is 0 Å². The number of benzene rings is 2. The quantitative estimate of drug-likeness (QED) is 0.647. The first-order valence-electron chi connectivity index (χ1n) is 5.90. The Hall–Kier alpha value is -2.19. The fourth-order valence-corrected chi connectivity index (χ4v) is 2.07. The molecular formula is C16H10ClN2. The maximum atomic E-state index is 6.23. The van der Waals surface area contributed by atoms with Crippen LogP contribution < -0.4 is 0 Å². The van der Waals surface area contributed by atoms with Gasteiger partial charge in [0, 0.05) is 11.1 Å². The second kappa shape index (κ2) is 5.21. The van der Waals surface area contributed by atoms with E-state index in [0.717, 1.165) is 16.7 Å². The van der Waals surface area contributed by atoms with E-state index in [9.17, 15) is 0 Å². The van der Waals surface area contributed by atoms with Crippen LogP contribution in [0, 0.1) is 6.20 Å². The molecule has 1 aromatic heterocycles. The fourth-order valence-electron chi connectivity index (χ4n) is 1.83. The van der Waals surface area contributed by atoms with Crippen LogP contribution in [0.2, 0.25) is 5.15 Å². The molecule has 0 amide bonds. The molecule has 0 aliphatic carbocycles. The molecule has 19 heavy (non-hydrogen) atoms. The van der Waals surface area contributed by atoms with Gasteiger partial charge in [-0.25, -0.2) is 9.97 Å². The van der Waals surface area contributed by atoms with Gasteiger partial charge in [0.25, 0.3) is 0 Å². The molecular weight excluding hydrogens is 256 g/mol. The maximum absolute atomic E-state index is 6.23. The normalized spacial score (nSPS) is 10.4. The third-order valence-electron chi connectivity index (χ3n) is 2.78. The van der Waals surface area contributed by atoms with E-state index in [4.69, 9.17) is 11.6 Å². The zero-order valence-electron chi connectivity index (χ0n) is 10.0. The molecule has 0 saturated heterocycles. The largest absolute Gasteiger partial charge is 0.226 e. The van der Waals surface area contributed by atoms with Gasteiger partial charge in [0.05, 0.1) is 0 Å². The third-order valence-corrected chi connectivity index (χ3v) is 3.05. The van der Waals surface area contributed by atoms with E-state index in [1.807, 2.05) is 60.7 Å². The third kappa shape index (κ3) is 2.49. The number of nitrogens with zero attached hydrogens (tertiary/aromatic N) is 2. The minimum atomic E-state index is 0.417. The van der Waals surface area contributed by atoms with Crippen LogP contribution in [0.15, 0.2) is 60.7 Å². The Morgan fingerprint density at radius 3 is 1.95 bits per heavy atom. The van der Waals surface area contributed by atoms with Crippen molar-refractivity contribution in [1.82, 2.24) is 9.97 Å². The minimum Gasteiger partial charge on any atom is -0.226 e. The van der Waals surface area contributed by atoms with E-state index in [0.29, 0.717) is 11.0 Å². The number of hydrogen-bond acceptors (Lipinski definition) is 2. The number of rotatable bonds is 2. The molecule has 3 aromatic rings. The zero-order valence-corrected chi connectivity index (χ0v) is 10.8. The Bertz CT molecular complexity index is 682. The average Bonchev–Trinajstić information content (AvgIpc) is 2.49. The van der Waals surface area contributed by atoms with E-state index in [-0.39, 0.29) is 0 Å². The summed E-state index contributed by atoms with van der Waals surface area (Å²) < 4.78 is 0. The molecule has 2 aromatic carbocycles. The van der Waals surface area contributed by atoms with Gasteiger partial charge in [0.2, 0.25) is 0 Å². The predicted molar refractivity (Wildman–Crippen MR) is 76.8 cm³/mol. The first-order valence-corrected chi connectivity index (χ1v) is 6.28. The highest BCUT2D eigenvalue weighted by Gasteiger charge is 2.08. The van der Waals surface area contributed by atoms with Crippen molar-refractivity contribution in [2.45, 2.75) is 0 Å². The summed E-state index contributed by atoms with van der Waals surface area (Å²) in [5.41, 5.74) is 2.62. The lowest BCUT2D eigenvalue weighted by atomic mass is 10.1. The minimum absolute atomic E-state index is 0.417. The second-order valence-corrected chi connectivity index (χ2v) is 4.41. The summed E-state index contributed by atoms with van der Waals surface area (Å²) in [5, 5.41) is 0.417. The summed E-state index contributed by atoms with van der Waals surface area (Å²) in [6.45, 7) is 0. The second-order valence-electron chi connectivity index (χ2n) is 4.06. The van der Waals surface area contributed by atoms with Crippen LogP contribution in [0.25, 0.3) is 22.5 Å². The van der Waals surface area contributed by atoms with Gasteiger partial charge in [-0.2, -0.15) is 0 Å². The molecule has 0 aliphatic rings. The molecule has 1 radical (unpaired) electrons. The highest BCUT2D eigenvalue weighted by Crippen LogP contribution is 2.26. The molecule has 0 N–H and O–H groups in total. The molecule has 3 heteroatoms. The van der Waals surface area contributed by atoms with Crippen molar-refractivity contribution >= 4 is 11.6 Å². The monoisotopic (exact) mass is 265 g/mol. The summed E-state index contributed by atoms with van der Waals surface area (Å²) in [5.74, 6) is 0.588. The van der Waals surface area contributed by atoms with Gasteiger partial charge < -0.3 is 0 Å². The predicted octanol–water partition coefficient (Wildman–Crippen LogP) is 4.26. The molecule has 0 atom stereocenters. The van der Waals surface area contributed by atoms with Crippen molar-refractivity contribution < 1.29 is 0 Å². The van der Waals surface area contributed by atoms with Crippen molar-refractivity contribution in [2.75, 3.05) is 0 Å². The highest BCUT2D eigenvalue weighted by molar-refractivity contribution is 6.32. The Morgan fingerprint density at radius 2 is 1.37 bits per heavy atom. The molecule has 91 valence electrons. The van der Waals surface area contributed by atoms with E-state index >= 15 is 0 Å². The summed E-state index contributed by atoms with van der Waals surface area (Å²) in [6, 6.07) is 19.5. The standard InChI is InChI=1S/C16H10ClN2/c17-15-14(12-7-3-1-4-8-12)11-18-16(19-15)13-9-5-2-6-10-13/h1-10H. The fraction of sp³-hybridized carbons (Fsp3) is 0. The Kier molecular flexibility index (Phi) is 3.25. The average molecular weight is 266 g/mol. The van der Waals surface area contributed by atoms with Gasteiger partial charge >= 0.3 is 0 Å². The van der Waals surface area contributed by atoms with Crippen LogP contribution >= 0.6 is 11.6 Å². The lowest BCUT2D eigenvalue weighted by molar-refractivity contribution is 1.17. The van der Waals surface area contributed by atoms with E-state index in [1.165, 1.54) is 0 Å². The number of hydrogen-bond donors (Lipinski definition) is 0. The summed E-state index contributed by atoms with van der Waals surface area (Å²) in [7, 11) is 0. The first kappa shape index (κ1) is 11.9. The van der Waals surface area contributed by atoms with Crippen molar-refractivity contribution in [3.05, 3.63) is 72.0 Å². The Balaban J connectivity index is 2.04. The summed E-state index contributed by atoms with van der Waals surface area (Å²) in [6.07, 6.45) is 2.98. The molecule has 3 rings (SSSR count). The van der Waals surface area contributed by atoms with Gasteiger partial charge in [-0.05, 0) is 5.56 Å². The highest BCUT2D eigenvalue weighted by atomic mass is 35.5. The Labute approximate surface area is 116 Å². The van der Waals surface area contributed by atoms with Crippen LogP contribution in [-0.2, 0) is 0 Å². The lowest BCUT2D eigenvalue weighted by Gasteiger charge is -2.05. The molecule has 2 nitrogen and oxygen atoms in total. The SMILES string of the molecule is Clc1nc(-c2ccccc2)n[c]c1-c1ccccc1. The number of aromatic nitrogens is 2. The topological polar surface area (TPSA) is 25.8 Å². The van der Waals surface area contributed by atoms with Crippen LogP contribution in [0.5, 0.6) is 0 Å². The molecule has 0 unspecified atom stereocenters. The lowest BCUT2D eigenvalue weighted by Crippen LogP contribution is -1.92. The molecule has 0 spiro atoms. The smallest absolute Gasteiger partial charge is 0.161 e. The number of halogens is 1. The zero-order chi connectivity index (χ0) is 13.1. The van der Waals surface area contributed by atoms with Gasteiger partial charge in [-0.3, -0.25) is 0 Å². The van der Waals surface area contributed by atoms with Crippen molar-refractivity contribution in [3.63, 3.8) is 0 Å². The van der Waals surface area contributed by atoms with Crippen LogP contribution in [0.4, 0.5) is 0 Å². The van der Waals surface area contributed by atoms with E-state index < -0.39 is 0 Å². The van der Waals surface area contributed by atoms with Gasteiger partial charge in [-0.1, -0.05) is 72.3 Å². The van der Waals surface area contributed by atoms with Gasteiger partial charge in [0.15, 0.2) is 5.82 Å². The molecule has 0 saturated carbocycles. The van der Waals surface area contributed by atoms with Crippen molar-refractivity contribution in [3.8, 4) is 22.5 Å². The molecule has 0 bridgehead atoms. The van der Waals surface area contributed by atoms with Crippen molar-refractivity contribution in [1.29, 1.82) is 0 Å². The van der Waals surface area contributed by atoms with E-state index in [1.54, 1.807) is 0 Å². The van der Waals surface area contributed by atoms with E-state index in [2.05, 4.69) is 16.2 Å². The van der Waals surface area contributed by atoms with Crippen LogP contribution in [-0.4, -0.2) is 9.97 Å².